The molecule has 0 radical (unpaired) electrons. The fourth-order valence-electron chi connectivity index (χ4n) is 1.86. The second kappa shape index (κ2) is 5.50. The number of benzene rings is 1. The number of halogens is 2. The van der Waals surface area contributed by atoms with Crippen molar-refractivity contribution in [3.05, 3.63) is 57.9 Å². The van der Waals surface area contributed by atoms with Crippen molar-refractivity contribution in [1.82, 2.24) is 9.38 Å². The smallest absolute Gasteiger partial charge is 0.242 e. The van der Waals surface area contributed by atoms with E-state index in [9.17, 15) is 0 Å². The lowest BCUT2D eigenvalue weighted by molar-refractivity contribution is 0.458. The quantitative estimate of drug-likeness (QED) is 0.449. The topological polar surface area (TPSA) is 26.5 Å². The maximum atomic E-state index is 5.95. The number of ether oxygens (including phenoxy) is 1. The van der Waals surface area contributed by atoms with Crippen LogP contribution in [0.3, 0.4) is 0 Å². The molecule has 0 unspecified atom stereocenters. The van der Waals surface area contributed by atoms with E-state index in [0.717, 1.165) is 20.7 Å². The fourth-order valence-corrected chi connectivity index (χ4v) is 2.87. The van der Waals surface area contributed by atoms with E-state index in [1.807, 2.05) is 53.1 Å². The SMILES string of the molecule is BrCc1c(Oc2ccccc2I)nc2ccccn12. The first-order valence-corrected chi connectivity index (χ1v) is 7.94. The lowest BCUT2D eigenvalue weighted by Gasteiger charge is -2.06. The second-order valence-corrected chi connectivity index (χ2v) is 5.68. The van der Waals surface area contributed by atoms with Crippen LogP contribution in [0.4, 0.5) is 0 Å². The largest absolute Gasteiger partial charge is 0.436 e. The van der Waals surface area contributed by atoms with Gasteiger partial charge in [0, 0.05) is 11.5 Å². The molecule has 0 aliphatic heterocycles. The molecule has 0 aliphatic rings. The van der Waals surface area contributed by atoms with Crippen LogP contribution in [-0.4, -0.2) is 9.38 Å². The summed E-state index contributed by atoms with van der Waals surface area (Å²) in [6.07, 6.45) is 1.99. The molecule has 5 heteroatoms. The molecule has 0 N–H and O–H groups in total. The van der Waals surface area contributed by atoms with Gasteiger partial charge in [0.05, 0.1) is 9.26 Å². The van der Waals surface area contributed by atoms with Gasteiger partial charge in [0.15, 0.2) is 0 Å². The van der Waals surface area contributed by atoms with Gasteiger partial charge in [-0.25, -0.2) is 0 Å². The molecule has 0 saturated heterocycles. The van der Waals surface area contributed by atoms with Crippen LogP contribution in [0.15, 0.2) is 48.7 Å². The first kappa shape index (κ1) is 12.9. The van der Waals surface area contributed by atoms with Gasteiger partial charge in [0.1, 0.15) is 11.4 Å². The molecule has 2 heterocycles. The van der Waals surface area contributed by atoms with E-state index in [2.05, 4.69) is 43.5 Å². The molecule has 0 atom stereocenters. The second-order valence-electron chi connectivity index (χ2n) is 3.96. The van der Waals surface area contributed by atoms with E-state index < -0.39 is 0 Å². The van der Waals surface area contributed by atoms with E-state index in [1.54, 1.807) is 0 Å². The average Bonchev–Trinajstić information content (AvgIpc) is 2.78. The Balaban J connectivity index is 2.08. The third-order valence-corrected chi connectivity index (χ3v) is 4.18. The van der Waals surface area contributed by atoms with Crippen molar-refractivity contribution in [1.29, 1.82) is 0 Å². The third kappa shape index (κ3) is 2.49. The van der Waals surface area contributed by atoms with Crippen LogP contribution in [-0.2, 0) is 5.33 Å². The number of rotatable bonds is 3. The molecule has 3 aromatic rings. The molecule has 96 valence electrons. The van der Waals surface area contributed by atoms with Crippen LogP contribution in [0.2, 0.25) is 0 Å². The number of aromatic nitrogens is 2. The zero-order valence-electron chi connectivity index (χ0n) is 9.88. The minimum atomic E-state index is 0.646. The summed E-state index contributed by atoms with van der Waals surface area (Å²) in [6.45, 7) is 0. The van der Waals surface area contributed by atoms with Gasteiger partial charge >= 0.3 is 0 Å². The predicted molar refractivity (Wildman–Crippen MR) is 87.1 cm³/mol. The third-order valence-electron chi connectivity index (χ3n) is 2.76. The number of hydrogen-bond donors (Lipinski definition) is 0. The Morgan fingerprint density at radius 2 is 1.95 bits per heavy atom. The van der Waals surface area contributed by atoms with Gasteiger partial charge in [-0.2, -0.15) is 4.98 Å². The number of para-hydroxylation sites is 1. The summed E-state index contributed by atoms with van der Waals surface area (Å²) in [5.41, 5.74) is 1.90. The first-order chi connectivity index (χ1) is 9.29. The Kier molecular flexibility index (Phi) is 3.74. The minimum Gasteiger partial charge on any atom is -0.436 e. The van der Waals surface area contributed by atoms with Gasteiger partial charge in [0.2, 0.25) is 5.88 Å². The van der Waals surface area contributed by atoms with Crippen LogP contribution in [0, 0.1) is 3.57 Å². The number of hydrogen-bond acceptors (Lipinski definition) is 2. The zero-order chi connectivity index (χ0) is 13.2. The Hall–Kier alpha value is -1.08. The van der Waals surface area contributed by atoms with Crippen LogP contribution in [0.5, 0.6) is 11.6 Å². The normalized spacial score (nSPS) is 10.8. The van der Waals surface area contributed by atoms with Gasteiger partial charge in [-0.3, -0.25) is 4.40 Å². The van der Waals surface area contributed by atoms with E-state index in [4.69, 9.17) is 4.74 Å². The molecule has 0 spiro atoms. The van der Waals surface area contributed by atoms with Crippen molar-refractivity contribution >= 4 is 44.2 Å². The van der Waals surface area contributed by atoms with E-state index in [-0.39, 0.29) is 0 Å². The summed E-state index contributed by atoms with van der Waals surface area (Å²) < 4.78 is 9.04. The number of imidazole rings is 1. The number of fused-ring (bicyclic) bond motifs is 1. The molecule has 3 nitrogen and oxygen atoms in total. The number of pyridine rings is 1. The standard InChI is InChI=1S/C14H10BrIN2O/c15-9-11-14(17-13-7-3-4-8-18(11)13)19-12-6-2-1-5-10(12)16/h1-8H,9H2. The molecule has 3 rings (SSSR count). The molecule has 19 heavy (non-hydrogen) atoms. The number of alkyl halides is 1. The van der Waals surface area contributed by atoms with Crippen LogP contribution in [0.1, 0.15) is 5.69 Å². The van der Waals surface area contributed by atoms with Crippen LogP contribution < -0.4 is 4.74 Å². The minimum absolute atomic E-state index is 0.646. The van der Waals surface area contributed by atoms with Crippen molar-refractivity contribution in [2.24, 2.45) is 0 Å². The van der Waals surface area contributed by atoms with Gasteiger partial charge in [-0.1, -0.05) is 34.1 Å². The Morgan fingerprint density at radius 1 is 1.16 bits per heavy atom. The van der Waals surface area contributed by atoms with Crippen LogP contribution >= 0.6 is 38.5 Å². The van der Waals surface area contributed by atoms with Crippen molar-refractivity contribution in [3.8, 4) is 11.6 Å². The first-order valence-electron chi connectivity index (χ1n) is 5.74. The summed E-state index contributed by atoms with van der Waals surface area (Å²) in [7, 11) is 0. The Bertz CT molecular complexity index is 726. The van der Waals surface area contributed by atoms with E-state index in [1.165, 1.54) is 0 Å². The number of nitrogens with zero attached hydrogens (tertiary/aromatic N) is 2. The summed E-state index contributed by atoms with van der Waals surface area (Å²) in [6, 6.07) is 13.8. The predicted octanol–water partition coefficient (Wildman–Crippen LogP) is 4.63. The molecule has 0 bridgehead atoms. The van der Waals surface area contributed by atoms with E-state index >= 15 is 0 Å². The summed E-state index contributed by atoms with van der Waals surface area (Å²) in [5, 5.41) is 0.691. The monoisotopic (exact) mass is 428 g/mol. The lowest BCUT2D eigenvalue weighted by Crippen LogP contribution is -1.92. The Labute approximate surface area is 132 Å². The van der Waals surface area contributed by atoms with Crippen molar-refractivity contribution in [2.45, 2.75) is 5.33 Å². The molecule has 0 amide bonds. The summed E-state index contributed by atoms with van der Waals surface area (Å²) in [5.74, 6) is 1.47. The van der Waals surface area contributed by atoms with Gasteiger partial charge in [0.25, 0.3) is 0 Å². The molecular formula is C14H10BrIN2O. The highest BCUT2D eigenvalue weighted by molar-refractivity contribution is 14.1. The van der Waals surface area contributed by atoms with Crippen LogP contribution in [0.25, 0.3) is 5.65 Å². The van der Waals surface area contributed by atoms with Crippen molar-refractivity contribution in [2.75, 3.05) is 0 Å². The Morgan fingerprint density at radius 3 is 2.74 bits per heavy atom. The molecule has 0 aliphatic carbocycles. The van der Waals surface area contributed by atoms with Gasteiger partial charge in [-0.15, -0.1) is 0 Å². The van der Waals surface area contributed by atoms with Gasteiger partial charge < -0.3 is 4.74 Å². The lowest BCUT2D eigenvalue weighted by atomic mass is 10.3. The average molecular weight is 429 g/mol. The fraction of sp³-hybridized carbons (Fsp3) is 0.0714. The van der Waals surface area contributed by atoms with Crippen molar-refractivity contribution in [3.63, 3.8) is 0 Å². The van der Waals surface area contributed by atoms with Crippen molar-refractivity contribution < 1.29 is 4.74 Å². The molecule has 0 fully saturated rings. The summed E-state index contributed by atoms with van der Waals surface area (Å²) in [4.78, 5) is 4.53. The highest BCUT2D eigenvalue weighted by Gasteiger charge is 2.13. The maximum absolute atomic E-state index is 5.95. The molecule has 1 aromatic carbocycles. The molecule has 2 aromatic heterocycles. The van der Waals surface area contributed by atoms with Gasteiger partial charge in [-0.05, 0) is 46.9 Å². The summed E-state index contributed by atoms with van der Waals surface area (Å²) >= 11 is 5.76. The maximum Gasteiger partial charge on any atom is 0.242 e. The highest BCUT2D eigenvalue weighted by atomic mass is 127. The zero-order valence-corrected chi connectivity index (χ0v) is 13.6. The molecule has 0 saturated carbocycles. The van der Waals surface area contributed by atoms with E-state index in [0.29, 0.717) is 11.2 Å². The highest BCUT2D eigenvalue weighted by Crippen LogP contribution is 2.30. The molecular weight excluding hydrogens is 419 g/mol.